The number of piperidine rings is 1. The Labute approximate surface area is 207 Å². The summed E-state index contributed by atoms with van der Waals surface area (Å²) in [5.41, 5.74) is 14.7. The maximum atomic E-state index is 12.6. The normalized spacial score (nSPS) is 13.5. The summed E-state index contributed by atoms with van der Waals surface area (Å²) in [6, 6.07) is 13.4. The Morgan fingerprint density at radius 1 is 0.943 bits per heavy atom. The smallest absolute Gasteiger partial charge is 0.162 e. The quantitative estimate of drug-likeness (QED) is 0.322. The molecule has 1 aliphatic rings. The van der Waals surface area contributed by atoms with E-state index < -0.39 is 0 Å². The predicted molar refractivity (Wildman–Crippen MR) is 143 cm³/mol. The van der Waals surface area contributed by atoms with Crippen LogP contribution in [-0.4, -0.2) is 41.8 Å². The molecule has 178 valence electrons. The zero-order chi connectivity index (χ0) is 24.5. The van der Waals surface area contributed by atoms with Gasteiger partial charge in [-0.05, 0) is 69.6 Å². The van der Waals surface area contributed by atoms with E-state index in [4.69, 9.17) is 11.5 Å². The number of benzene rings is 2. The Morgan fingerprint density at radius 2 is 1.71 bits per heavy atom. The van der Waals surface area contributed by atoms with E-state index in [2.05, 4.69) is 33.6 Å². The summed E-state index contributed by atoms with van der Waals surface area (Å²) in [7, 11) is 0. The number of carbonyl (C=O) groups excluding carboxylic acids is 1. The number of hydrogen-bond donors (Lipinski definition) is 2. The number of nitrogens with two attached hydrogens (primary N) is 2. The lowest BCUT2D eigenvalue weighted by molar-refractivity contribution is 0.0977. The van der Waals surface area contributed by atoms with Crippen molar-refractivity contribution >= 4 is 22.4 Å². The minimum Gasteiger partial charge on any atom is -0.383 e. The van der Waals surface area contributed by atoms with Crippen molar-refractivity contribution in [2.45, 2.75) is 38.5 Å². The highest BCUT2D eigenvalue weighted by Crippen LogP contribution is 2.23. The fraction of sp³-hybridized carbons (Fsp3) is 0.333. The van der Waals surface area contributed by atoms with Crippen molar-refractivity contribution in [3.05, 3.63) is 70.9 Å². The molecule has 1 saturated heterocycles. The van der Waals surface area contributed by atoms with Crippen molar-refractivity contribution in [3.63, 3.8) is 0 Å². The molecule has 0 amide bonds. The van der Waals surface area contributed by atoms with Crippen LogP contribution in [0.3, 0.4) is 0 Å². The van der Waals surface area contributed by atoms with E-state index in [-0.39, 0.29) is 5.78 Å². The van der Waals surface area contributed by atoms with Gasteiger partial charge in [-0.15, -0.1) is 0 Å². The molecule has 1 aromatic heterocycles. The van der Waals surface area contributed by atoms with E-state index in [1.165, 1.54) is 32.4 Å². The Bertz CT molecular complexity index is 1300. The lowest BCUT2D eigenvalue weighted by Gasteiger charge is -2.26. The van der Waals surface area contributed by atoms with Gasteiger partial charge in [-0.3, -0.25) is 4.79 Å². The van der Waals surface area contributed by atoms with Crippen molar-refractivity contribution in [2.75, 3.05) is 31.9 Å². The largest absolute Gasteiger partial charge is 0.383 e. The van der Waals surface area contributed by atoms with E-state index >= 15 is 0 Å². The van der Waals surface area contributed by atoms with Gasteiger partial charge < -0.3 is 16.4 Å². The van der Waals surface area contributed by atoms with E-state index in [1.807, 2.05) is 42.5 Å². The number of Topliss-reactive ketones (excluding diaryl/α,β-unsaturated/α-hetero) is 1. The minimum atomic E-state index is 0.191. The number of likely N-dealkylation sites (tertiary alicyclic amines) is 1. The summed E-state index contributed by atoms with van der Waals surface area (Å²) in [6.07, 6.45) is 8.31. The third kappa shape index (κ3) is 6.70. The van der Waals surface area contributed by atoms with Crippen molar-refractivity contribution < 1.29 is 4.79 Å². The number of ketones is 1. The molecule has 35 heavy (non-hydrogen) atoms. The van der Waals surface area contributed by atoms with E-state index in [9.17, 15) is 4.79 Å². The molecule has 0 radical (unpaired) electrons. The van der Waals surface area contributed by atoms with Crippen LogP contribution in [0.1, 0.15) is 65.6 Å². The standard InChI is InChI=1S/C30H32N4O/c31-17-6-7-24-11-15-26-22-33-30(32)27(28(26)21-24)16-12-23-9-13-25(14-10-23)29(35)8-2-5-20-34-18-3-1-4-19-34/h9-11,13-15,21-22H,1-5,8,17-20,31H2,(H2,32,33). The molecule has 1 fully saturated rings. The first-order valence-electron chi connectivity index (χ1n) is 12.4. The van der Waals surface area contributed by atoms with Gasteiger partial charge in [0.25, 0.3) is 0 Å². The molecule has 0 atom stereocenters. The summed E-state index contributed by atoms with van der Waals surface area (Å²) in [6.45, 7) is 3.83. The zero-order valence-corrected chi connectivity index (χ0v) is 20.1. The first-order chi connectivity index (χ1) is 17.1. The van der Waals surface area contributed by atoms with Crippen LogP contribution < -0.4 is 11.5 Å². The SMILES string of the molecule is NCC#Cc1ccc2cnc(N)c(C#Cc3ccc(C(=O)CCCCN4CCCCC4)cc3)c2c1. The second kappa shape index (κ2) is 12.2. The second-order valence-electron chi connectivity index (χ2n) is 8.94. The number of rotatable bonds is 6. The van der Waals surface area contributed by atoms with Crippen LogP contribution in [0.25, 0.3) is 10.8 Å². The highest BCUT2D eigenvalue weighted by atomic mass is 16.1. The van der Waals surface area contributed by atoms with Crippen LogP contribution in [0.5, 0.6) is 0 Å². The molecule has 1 aliphatic heterocycles. The highest BCUT2D eigenvalue weighted by Gasteiger charge is 2.10. The first kappa shape index (κ1) is 24.5. The lowest BCUT2D eigenvalue weighted by Crippen LogP contribution is -2.30. The summed E-state index contributed by atoms with van der Waals surface area (Å²) in [5.74, 6) is 12.8. The number of pyridine rings is 1. The van der Waals surface area contributed by atoms with Gasteiger partial charge in [0.05, 0.1) is 12.1 Å². The van der Waals surface area contributed by atoms with Gasteiger partial charge in [0.1, 0.15) is 5.82 Å². The fourth-order valence-corrected chi connectivity index (χ4v) is 4.41. The van der Waals surface area contributed by atoms with Crippen molar-refractivity contribution in [2.24, 2.45) is 5.73 Å². The molecule has 3 aromatic rings. The Hall–Kier alpha value is -3.64. The van der Waals surface area contributed by atoms with Crippen LogP contribution in [0.2, 0.25) is 0 Å². The van der Waals surface area contributed by atoms with Gasteiger partial charge in [0.2, 0.25) is 0 Å². The second-order valence-corrected chi connectivity index (χ2v) is 8.94. The van der Waals surface area contributed by atoms with Gasteiger partial charge in [-0.2, -0.15) is 0 Å². The van der Waals surface area contributed by atoms with Gasteiger partial charge in [0.15, 0.2) is 5.78 Å². The number of unbranched alkanes of at least 4 members (excludes halogenated alkanes) is 1. The summed E-state index contributed by atoms with van der Waals surface area (Å²) >= 11 is 0. The van der Waals surface area contributed by atoms with Gasteiger partial charge in [0, 0.05) is 40.1 Å². The molecule has 0 unspecified atom stereocenters. The topological polar surface area (TPSA) is 85.2 Å². The molecule has 0 spiro atoms. The molecule has 4 N–H and O–H groups in total. The van der Waals surface area contributed by atoms with Crippen molar-refractivity contribution in [1.82, 2.24) is 9.88 Å². The Kier molecular flexibility index (Phi) is 8.52. The Balaban J connectivity index is 1.41. The molecule has 0 saturated carbocycles. The summed E-state index contributed by atoms with van der Waals surface area (Å²) in [5, 5.41) is 1.85. The molecular formula is C30H32N4O. The molecule has 4 rings (SSSR count). The lowest BCUT2D eigenvalue weighted by atomic mass is 10.0. The number of fused-ring (bicyclic) bond motifs is 1. The third-order valence-electron chi connectivity index (χ3n) is 6.37. The van der Waals surface area contributed by atoms with Crippen LogP contribution in [0.4, 0.5) is 5.82 Å². The average molecular weight is 465 g/mol. The van der Waals surface area contributed by atoms with Crippen molar-refractivity contribution in [3.8, 4) is 23.7 Å². The van der Waals surface area contributed by atoms with Gasteiger partial charge in [-0.25, -0.2) is 4.98 Å². The van der Waals surface area contributed by atoms with Gasteiger partial charge in [-0.1, -0.05) is 48.3 Å². The zero-order valence-electron chi connectivity index (χ0n) is 20.1. The number of anilines is 1. The van der Waals surface area contributed by atoms with Gasteiger partial charge >= 0.3 is 0 Å². The van der Waals surface area contributed by atoms with Crippen LogP contribution in [0, 0.1) is 23.7 Å². The molecule has 5 nitrogen and oxygen atoms in total. The molecular weight excluding hydrogens is 432 g/mol. The molecule has 2 heterocycles. The third-order valence-corrected chi connectivity index (χ3v) is 6.37. The summed E-state index contributed by atoms with van der Waals surface area (Å²) < 4.78 is 0. The monoisotopic (exact) mass is 464 g/mol. The number of nitrogen functional groups attached to an aromatic ring is 1. The highest BCUT2D eigenvalue weighted by molar-refractivity contribution is 5.96. The Morgan fingerprint density at radius 3 is 2.49 bits per heavy atom. The maximum Gasteiger partial charge on any atom is 0.162 e. The number of aromatic nitrogens is 1. The maximum absolute atomic E-state index is 12.6. The molecule has 0 bridgehead atoms. The molecule has 2 aromatic carbocycles. The van der Waals surface area contributed by atoms with Crippen molar-refractivity contribution in [1.29, 1.82) is 0 Å². The minimum absolute atomic E-state index is 0.191. The summed E-state index contributed by atoms with van der Waals surface area (Å²) in [4.78, 5) is 19.4. The average Bonchev–Trinajstić information content (AvgIpc) is 2.90. The molecule has 5 heteroatoms. The van der Waals surface area contributed by atoms with E-state index in [0.29, 0.717) is 24.3 Å². The fourth-order valence-electron chi connectivity index (χ4n) is 4.41. The number of carbonyl (C=O) groups is 1. The number of hydrogen-bond acceptors (Lipinski definition) is 5. The first-order valence-corrected chi connectivity index (χ1v) is 12.4. The van der Waals surface area contributed by atoms with E-state index in [0.717, 1.165) is 46.8 Å². The van der Waals surface area contributed by atoms with Crippen LogP contribution >= 0.6 is 0 Å². The predicted octanol–water partition coefficient (Wildman–Crippen LogP) is 4.37. The van der Waals surface area contributed by atoms with Crippen LogP contribution in [-0.2, 0) is 0 Å². The molecule has 0 aliphatic carbocycles. The van der Waals surface area contributed by atoms with Crippen LogP contribution in [0.15, 0.2) is 48.7 Å². The van der Waals surface area contributed by atoms with E-state index in [1.54, 1.807) is 6.20 Å². The number of nitrogens with zero attached hydrogens (tertiary/aromatic N) is 2.